The van der Waals surface area contributed by atoms with E-state index in [1.165, 1.54) is 19.3 Å². The van der Waals surface area contributed by atoms with Crippen molar-refractivity contribution in [3.05, 3.63) is 66.0 Å². The van der Waals surface area contributed by atoms with E-state index in [0.29, 0.717) is 63.9 Å². The van der Waals surface area contributed by atoms with E-state index in [0.717, 1.165) is 115 Å². The number of carbonyl (C=O) groups is 5. The van der Waals surface area contributed by atoms with Crippen LogP contribution in [0.3, 0.4) is 0 Å². The van der Waals surface area contributed by atoms with Gasteiger partial charge in [-0.15, -0.1) is 0 Å². The number of aromatic nitrogens is 3. The van der Waals surface area contributed by atoms with E-state index in [1.807, 2.05) is 40.4 Å². The molecule has 380 valence electrons. The predicted octanol–water partition coefficient (Wildman–Crippen LogP) is 7.40. The minimum Gasteiger partial charge on any atom is -0.371 e. The molecule has 2 N–H and O–H groups in total. The molecule has 5 saturated heterocycles. The standard InChI is InChI=1S/C57H72N10O5/c1-35(2)66-34-58-47-31-46(60-51(50(47)66)59-39-11-12-39)38-10-16-44-48(28-38)67(42-29-41(30-42)62-22-6-5-7-23-62)55(72)57(44)20-26-64(27-21-57)54(71)45-32-65(33-56(45,3)4)53(70)37-18-24-63(25-19-37)40-13-8-36(9-14-40)43-15-17-49(68)61-52(43)69/h8-10,13-14,16,28,31,34-35,37,39,41-43,45H,5-7,11-12,15,17-27,29-30,32-33H2,1-4H3,(H,59,60)(H,61,68,69)/t41?,42?,43?,45-/m1/s1. The molecule has 15 heteroatoms. The summed E-state index contributed by atoms with van der Waals surface area (Å²) in [4.78, 5) is 89.6. The minimum absolute atomic E-state index is 0.0963. The number of amides is 5. The van der Waals surface area contributed by atoms with Gasteiger partial charge in [-0.1, -0.05) is 44.5 Å². The monoisotopic (exact) mass is 977 g/mol. The fourth-order valence-corrected chi connectivity index (χ4v) is 13.7. The summed E-state index contributed by atoms with van der Waals surface area (Å²) in [5, 5.41) is 6.17. The van der Waals surface area contributed by atoms with Crippen LogP contribution in [0.1, 0.15) is 134 Å². The van der Waals surface area contributed by atoms with Gasteiger partial charge < -0.3 is 34.4 Å². The molecule has 2 atom stereocenters. The van der Waals surface area contributed by atoms with Gasteiger partial charge in [0.25, 0.3) is 0 Å². The summed E-state index contributed by atoms with van der Waals surface area (Å²) in [6, 6.07) is 18.0. The molecule has 2 aromatic heterocycles. The smallest absolute Gasteiger partial charge is 0.238 e. The lowest BCUT2D eigenvalue weighted by atomic mass is 9.72. The van der Waals surface area contributed by atoms with E-state index in [-0.39, 0.29) is 64.8 Å². The number of nitrogens with zero attached hydrogens (tertiary/aromatic N) is 8. The second kappa shape index (κ2) is 18.3. The van der Waals surface area contributed by atoms with Gasteiger partial charge in [0.2, 0.25) is 29.5 Å². The molecule has 15 nitrogen and oxygen atoms in total. The average molecular weight is 977 g/mol. The third-order valence-corrected chi connectivity index (χ3v) is 18.3. The van der Waals surface area contributed by atoms with E-state index >= 15 is 4.79 Å². The van der Waals surface area contributed by atoms with Crippen molar-refractivity contribution in [1.29, 1.82) is 0 Å². The number of rotatable bonds is 10. The van der Waals surface area contributed by atoms with Crippen LogP contribution in [0.5, 0.6) is 0 Å². The molecule has 2 aromatic carbocycles. The molecular formula is C57H72N10O5. The third kappa shape index (κ3) is 8.35. The molecule has 12 rings (SSSR count). The Hall–Kier alpha value is -5.83. The number of likely N-dealkylation sites (tertiary alicyclic amines) is 3. The zero-order valence-corrected chi connectivity index (χ0v) is 42.7. The van der Waals surface area contributed by atoms with Crippen LogP contribution in [0.4, 0.5) is 17.2 Å². The van der Waals surface area contributed by atoms with Gasteiger partial charge in [-0.3, -0.25) is 29.3 Å². The maximum Gasteiger partial charge on any atom is 0.238 e. The quantitative estimate of drug-likeness (QED) is 0.154. The molecule has 5 amide bonds. The molecule has 2 aliphatic carbocycles. The van der Waals surface area contributed by atoms with Crippen molar-refractivity contribution < 1.29 is 24.0 Å². The van der Waals surface area contributed by atoms with Gasteiger partial charge in [0.15, 0.2) is 5.82 Å². The van der Waals surface area contributed by atoms with Crippen LogP contribution < -0.4 is 20.4 Å². The van der Waals surface area contributed by atoms with Crippen LogP contribution in [0.2, 0.25) is 0 Å². The topological polar surface area (TPSA) is 156 Å². The fraction of sp³-hybridized carbons (Fsp3) is 0.596. The largest absolute Gasteiger partial charge is 0.371 e. The highest BCUT2D eigenvalue weighted by Gasteiger charge is 2.57. The number of carbonyl (C=O) groups excluding carboxylic acids is 5. The number of imide groups is 1. The number of hydrogen-bond acceptors (Lipinski definition) is 10. The van der Waals surface area contributed by atoms with Crippen LogP contribution in [0.15, 0.2) is 54.9 Å². The number of fused-ring (bicyclic) bond motifs is 3. The fourth-order valence-electron chi connectivity index (χ4n) is 13.7. The van der Waals surface area contributed by atoms with E-state index < -0.39 is 5.41 Å². The molecular weight excluding hydrogens is 905 g/mol. The lowest BCUT2D eigenvalue weighted by molar-refractivity contribution is -0.141. The number of anilines is 3. The lowest BCUT2D eigenvalue weighted by Crippen LogP contribution is -2.58. The number of pyridine rings is 1. The van der Waals surface area contributed by atoms with Crippen molar-refractivity contribution in [2.24, 2.45) is 17.3 Å². The van der Waals surface area contributed by atoms with E-state index in [4.69, 9.17) is 9.97 Å². The van der Waals surface area contributed by atoms with Crippen molar-refractivity contribution in [3.63, 3.8) is 0 Å². The summed E-state index contributed by atoms with van der Waals surface area (Å²) in [6.07, 6.45) is 13.4. The summed E-state index contributed by atoms with van der Waals surface area (Å²) < 4.78 is 2.20. The highest BCUT2D eigenvalue weighted by Crippen LogP contribution is 2.53. The van der Waals surface area contributed by atoms with E-state index in [1.54, 1.807) is 0 Å². The molecule has 0 bridgehead atoms. The van der Waals surface area contributed by atoms with Crippen LogP contribution in [-0.2, 0) is 29.4 Å². The van der Waals surface area contributed by atoms with Gasteiger partial charge >= 0.3 is 0 Å². The number of hydrogen-bond donors (Lipinski definition) is 2. The normalized spacial score (nSPS) is 26.7. The van der Waals surface area contributed by atoms with Crippen LogP contribution in [0.25, 0.3) is 22.3 Å². The summed E-state index contributed by atoms with van der Waals surface area (Å²) in [6.45, 7) is 14.4. The number of imidazole rings is 1. The van der Waals surface area contributed by atoms with Crippen molar-refractivity contribution in [2.45, 2.75) is 147 Å². The predicted molar refractivity (Wildman–Crippen MR) is 278 cm³/mol. The van der Waals surface area contributed by atoms with Crippen molar-refractivity contribution in [3.8, 4) is 11.3 Å². The zero-order chi connectivity index (χ0) is 49.6. The Kier molecular flexibility index (Phi) is 12.0. The number of benzene rings is 2. The minimum atomic E-state index is -0.704. The lowest BCUT2D eigenvalue weighted by Gasteiger charge is -2.48. The summed E-state index contributed by atoms with van der Waals surface area (Å²) in [7, 11) is 0. The first-order chi connectivity index (χ1) is 34.7. The second-order valence-corrected chi connectivity index (χ2v) is 23.7. The van der Waals surface area contributed by atoms with Crippen molar-refractivity contribution in [1.82, 2.24) is 34.6 Å². The summed E-state index contributed by atoms with van der Waals surface area (Å²) in [5.41, 5.74) is 6.75. The number of nitrogens with one attached hydrogen (secondary N) is 2. The van der Waals surface area contributed by atoms with Crippen LogP contribution in [0, 0.1) is 17.3 Å². The molecule has 8 heterocycles. The van der Waals surface area contributed by atoms with Crippen molar-refractivity contribution in [2.75, 3.05) is 67.5 Å². The van der Waals surface area contributed by atoms with Crippen molar-refractivity contribution >= 4 is 57.8 Å². The molecule has 7 fully saturated rings. The Morgan fingerprint density at radius 2 is 1.54 bits per heavy atom. The van der Waals surface area contributed by atoms with Crippen LogP contribution in [-0.4, -0.2) is 129 Å². The molecule has 0 radical (unpaired) electrons. The second-order valence-electron chi connectivity index (χ2n) is 23.7. The Balaban J connectivity index is 0.731. The summed E-state index contributed by atoms with van der Waals surface area (Å²) in [5.74, 6) is 0.120. The Morgan fingerprint density at radius 3 is 2.24 bits per heavy atom. The molecule has 6 aliphatic heterocycles. The van der Waals surface area contributed by atoms with Gasteiger partial charge in [-0.2, -0.15) is 0 Å². The third-order valence-electron chi connectivity index (χ3n) is 18.3. The SMILES string of the molecule is CC(C)n1cnc2cc(-c3ccc4c(c3)N(C3CC(N5CCCCC5)C3)C(=O)C43CCN(C(=O)[C@H]4CN(C(=O)C5CCN(c6ccc(C7CCC(=O)NC7=O)cc6)CC5)CC4(C)C)CC3)nc(NC3CC3)c21. The Morgan fingerprint density at radius 1 is 0.806 bits per heavy atom. The van der Waals surface area contributed by atoms with Gasteiger partial charge in [-0.25, -0.2) is 9.97 Å². The first kappa shape index (κ1) is 47.2. The van der Waals surface area contributed by atoms with Gasteiger partial charge in [0.1, 0.15) is 5.52 Å². The average Bonchev–Trinajstić information content (AvgIpc) is 3.91. The van der Waals surface area contributed by atoms with E-state index in [9.17, 15) is 19.2 Å². The maximum absolute atomic E-state index is 15.3. The van der Waals surface area contributed by atoms with Gasteiger partial charge in [-0.05, 0) is 138 Å². The first-order valence-corrected chi connectivity index (χ1v) is 27.4. The molecule has 8 aliphatic rings. The van der Waals surface area contributed by atoms with E-state index in [2.05, 4.69) is 81.9 Å². The summed E-state index contributed by atoms with van der Waals surface area (Å²) >= 11 is 0. The Bertz CT molecular complexity index is 2790. The van der Waals surface area contributed by atoms with Gasteiger partial charge in [0, 0.05) is 92.7 Å². The van der Waals surface area contributed by atoms with Crippen LogP contribution >= 0.6 is 0 Å². The Labute approximate surface area is 423 Å². The molecule has 1 spiro atoms. The first-order valence-electron chi connectivity index (χ1n) is 27.4. The van der Waals surface area contributed by atoms with Gasteiger partial charge in [0.05, 0.1) is 34.8 Å². The highest BCUT2D eigenvalue weighted by atomic mass is 16.2. The molecule has 72 heavy (non-hydrogen) atoms. The zero-order valence-electron chi connectivity index (χ0n) is 42.7. The number of piperidine rings is 4. The molecule has 1 unspecified atom stereocenters. The maximum atomic E-state index is 15.3. The highest BCUT2D eigenvalue weighted by molar-refractivity contribution is 6.09. The molecule has 2 saturated carbocycles. The molecule has 4 aromatic rings.